The molecule has 2 amide bonds. The van der Waals surface area contributed by atoms with E-state index in [0.29, 0.717) is 23.5 Å². The number of anilines is 2. The van der Waals surface area contributed by atoms with Gasteiger partial charge in [-0.15, -0.1) is 11.3 Å². The molecule has 0 unspecified atom stereocenters. The highest BCUT2D eigenvalue weighted by atomic mass is 32.1. The van der Waals surface area contributed by atoms with E-state index in [2.05, 4.69) is 51.2 Å². The first-order valence-electron chi connectivity index (χ1n) is 12.7. The van der Waals surface area contributed by atoms with Crippen LogP contribution in [0.5, 0.6) is 0 Å². The Hall–Kier alpha value is -2.60. The molecule has 2 aliphatic heterocycles. The number of nitrogens with one attached hydrogen (secondary N) is 2. The largest absolute Gasteiger partial charge is 0.378 e. The van der Waals surface area contributed by atoms with Crippen molar-refractivity contribution in [1.82, 2.24) is 20.1 Å². The molecule has 1 aromatic heterocycles. The zero-order valence-electron chi connectivity index (χ0n) is 22.1. The Balaban J connectivity index is 1.50. The quantitative estimate of drug-likeness (QED) is 0.455. The highest BCUT2D eigenvalue weighted by molar-refractivity contribution is 7.14. The Bertz CT molecular complexity index is 1100. The van der Waals surface area contributed by atoms with Gasteiger partial charge >= 0.3 is 0 Å². The topological polar surface area (TPSA) is 90.0 Å². The number of alkyl halides is 1. The van der Waals surface area contributed by atoms with Crippen molar-refractivity contribution in [2.75, 3.05) is 70.3 Å². The summed E-state index contributed by atoms with van der Waals surface area (Å²) in [5.74, 6) is -0.717. The summed E-state index contributed by atoms with van der Waals surface area (Å²) in [7, 11) is 3.81. The summed E-state index contributed by atoms with van der Waals surface area (Å²) in [6.07, 6.45) is 0.430. The Morgan fingerprint density at radius 2 is 2.03 bits per heavy atom. The number of likely N-dealkylation sites (N-methyl/N-ethyl adjacent to an activating group) is 1. The van der Waals surface area contributed by atoms with Crippen molar-refractivity contribution in [2.24, 2.45) is 0 Å². The number of piperazine rings is 1. The lowest BCUT2D eigenvalue weighted by molar-refractivity contribution is 0.0254. The van der Waals surface area contributed by atoms with Gasteiger partial charge < -0.3 is 25.2 Å². The number of nitrogens with zero attached hydrogens (tertiary/aromatic N) is 4. The fourth-order valence-corrected chi connectivity index (χ4v) is 5.57. The van der Waals surface area contributed by atoms with Gasteiger partial charge in [-0.2, -0.15) is 0 Å². The number of amides is 2. The maximum absolute atomic E-state index is 13.0. The van der Waals surface area contributed by atoms with Crippen LogP contribution in [0.2, 0.25) is 0 Å². The molecule has 3 heterocycles. The number of hydrogen-bond donors (Lipinski definition) is 2. The van der Waals surface area contributed by atoms with Crippen LogP contribution in [0.25, 0.3) is 0 Å². The minimum absolute atomic E-state index is 0.00844. The molecule has 2 aromatic rings. The van der Waals surface area contributed by atoms with Crippen molar-refractivity contribution >= 4 is 34.0 Å². The molecule has 9 nitrogen and oxygen atoms in total. The smallest absolute Gasteiger partial charge is 0.275 e. The van der Waals surface area contributed by atoms with Crippen LogP contribution < -0.4 is 15.5 Å². The van der Waals surface area contributed by atoms with E-state index in [0.717, 1.165) is 43.4 Å². The van der Waals surface area contributed by atoms with Gasteiger partial charge in [0.1, 0.15) is 5.69 Å². The second kappa shape index (κ2) is 11.8. The molecular weight excluding hydrogens is 495 g/mol. The van der Waals surface area contributed by atoms with Gasteiger partial charge in [-0.05, 0) is 45.0 Å². The zero-order chi connectivity index (χ0) is 26.6. The molecule has 202 valence electrons. The van der Waals surface area contributed by atoms with E-state index in [1.165, 1.54) is 11.3 Å². The van der Waals surface area contributed by atoms with Gasteiger partial charge in [0.15, 0.2) is 5.13 Å². The molecule has 2 fully saturated rings. The highest BCUT2D eigenvalue weighted by Gasteiger charge is 2.32. The molecule has 11 heteroatoms. The fourth-order valence-electron chi connectivity index (χ4n) is 4.74. The molecule has 0 aliphatic carbocycles. The average molecular weight is 533 g/mol. The van der Waals surface area contributed by atoms with E-state index in [1.807, 2.05) is 12.1 Å². The van der Waals surface area contributed by atoms with Crippen LogP contribution in [0, 0.1) is 0 Å². The minimum atomic E-state index is -0.503. The fraction of sp³-hybridized carbons (Fsp3) is 0.577. The van der Waals surface area contributed by atoms with Gasteiger partial charge in [-0.1, -0.05) is 6.07 Å². The van der Waals surface area contributed by atoms with E-state index in [9.17, 15) is 14.0 Å². The summed E-state index contributed by atoms with van der Waals surface area (Å²) in [5, 5.41) is 8.12. The number of hydrogen-bond acceptors (Lipinski definition) is 8. The highest BCUT2D eigenvalue weighted by Crippen LogP contribution is 2.28. The summed E-state index contributed by atoms with van der Waals surface area (Å²) in [6, 6.07) is 5.54. The molecule has 0 atom stereocenters. The van der Waals surface area contributed by atoms with E-state index >= 15 is 0 Å². The first-order chi connectivity index (χ1) is 17.7. The third-order valence-corrected chi connectivity index (χ3v) is 7.89. The second-order valence-corrected chi connectivity index (χ2v) is 11.2. The van der Waals surface area contributed by atoms with Crippen LogP contribution in [0.1, 0.15) is 46.7 Å². The van der Waals surface area contributed by atoms with Crippen molar-refractivity contribution in [3.63, 3.8) is 0 Å². The van der Waals surface area contributed by atoms with Crippen LogP contribution in [-0.2, 0) is 11.3 Å². The molecule has 4 rings (SSSR count). The maximum atomic E-state index is 13.0. The molecule has 0 bridgehead atoms. The number of benzene rings is 1. The third kappa shape index (κ3) is 6.64. The Labute approximate surface area is 222 Å². The molecule has 0 radical (unpaired) electrons. The summed E-state index contributed by atoms with van der Waals surface area (Å²) in [6.45, 7) is 9.22. The molecule has 2 aliphatic rings. The molecular formula is C26H37FN6O3S. The normalized spacial score (nSPS) is 18.5. The van der Waals surface area contributed by atoms with E-state index in [1.54, 1.807) is 18.6 Å². The molecule has 1 aromatic carbocycles. The van der Waals surface area contributed by atoms with E-state index < -0.39 is 6.67 Å². The molecule has 2 saturated heterocycles. The van der Waals surface area contributed by atoms with E-state index in [4.69, 9.17) is 4.74 Å². The number of halogens is 1. The first-order valence-corrected chi connectivity index (χ1v) is 13.5. The number of carbonyl (C=O) groups is 2. The molecule has 37 heavy (non-hydrogen) atoms. The van der Waals surface area contributed by atoms with Gasteiger partial charge in [0, 0.05) is 63.8 Å². The van der Waals surface area contributed by atoms with Crippen LogP contribution in [0.3, 0.4) is 0 Å². The second-order valence-electron chi connectivity index (χ2n) is 10.4. The van der Waals surface area contributed by atoms with Crippen molar-refractivity contribution in [1.29, 1.82) is 0 Å². The van der Waals surface area contributed by atoms with Gasteiger partial charge in [-0.25, -0.2) is 4.98 Å². The molecule has 0 spiro atoms. The third-order valence-electron chi connectivity index (χ3n) is 6.99. The summed E-state index contributed by atoms with van der Waals surface area (Å²) in [5.41, 5.74) is 2.03. The molecule has 2 N–H and O–H groups in total. The average Bonchev–Trinajstić information content (AvgIpc) is 3.31. The van der Waals surface area contributed by atoms with Crippen LogP contribution in [-0.4, -0.2) is 98.3 Å². The number of thiazole rings is 1. The van der Waals surface area contributed by atoms with Gasteiger partial charge in [0.25, 0.3) is 11.8 Å². The number of aromatic nitrogens is 1. The molecule has 0 saturated carbocycles. The van der Waals surface area contributed by atoms with Crippen LogP contribution in [0.15, 0.2) is 23.6 Å². The van der Waals surface area contributed by atoms with Crippen molar-refractivity contribution in [3.05, 3.63) is 40.4 Å². The van der Waals surface area contributed by atoms with Crippen LogP contribution >= 0.6 is 11.3 Å². The monoisotopic (exact) mass is 532 g/mol. The van der Waals surface area contributed by atoms with Gasteiger partial charge in [0.05, 0.1) is 24.0 Å². The number of carbonyl (C=O) groups excluding carboxylic acids is 2. The van der Waals surface area contributed by atoms with Crippen molar-refractivity contribution in [2.45, 2.75) is 38.5 Å². The lowest BCUT2D eigenvalue weighted by atomic mass is 9.97. The summed E-state index contributed by atoms with van der Waals surface area (Å²) in [4.78, 5) is 37.3. The zero-order valence-corrected chi connectivity index (χ0v) is 22.9. The van der Waals surface area contributed by atoms with Crippen LogP contribution in [0.4, 0.5) is 15.2 Å². The minimum Gasteiger partial charge on any atom is -0.378 e. The predicted molar refractivity (Wildman–Crippen MR) is 144 cm³/mol. The Morgan fingerprint density at radius 3 is 2.73 bits per heavy atom. The maximum Gasteiger partial charge on any atom is 0.275 e. The number of ether oxygens (including phenoxy) is 1. The summed E-state index contributed by atoms with van der Waals surface area (Å²) < 4.78 is 17.9. The summed E-state index contributed by atoms with van der Waals surface area (Å²) >= 11 is 1.41. The van der Waals surface area contributed by atoms with Crippen molar-refractivity contribution in [3.8, 4) is 0 Å². The number of rotatable bonds is 10. The van der Waals surface area contributed by atoms with Crippen molar-refractivity contribution < 1.29 is 18.7 Å². The van der Waals surface area contributed by atoms with Gasteiger partial charge in [0.2, 0.25) is 0 Å². The van der Waals surface area contributed by atoms with E-state index in [-0.39, 0.29) is 36.4 Å². The lowest BCUT2D eigenvalue weighted by Crippen LogP contribution is -2.57. The lowest BCUT2D eigenvalue weighted by Gasteiger charge is -2.46. The SMILES string of the molecule is COC1CN(c2nc(C(=O)Nc3ccc(CN4CCN(C)CC4(C)C)cc3C(=O)NCCCF)cs2)C1. The number of methoxy groups -OCH3 is 1. The first kappa shape index (κ1) is 27.4. The Kier molecular flexibility index (Phi) is 8.79. The van der Waals surface area contributed by atoms with Gasteiger partial charge in [-0.3, -0.25) is 18.9 Å². The Morgan fingerprint density at radius 1 is 1.24 bits per heavy atom. The standard InChI is InChI=1S/C26H37FN6O3S/c1-26(2)17-31(3)10-11-33(26)13-18-6-7-21(20(12-18)23(34)28-9-5-8-27)29-24(35)22-16-37-25(30-22)32-14-19(15-32)36-4/h6-7,12,16,19H,5,8-11,13-15,17H2,1-4H3,(H,28,34)(H,29,35). The predicted octanol–water partition coefficient (Wildman–Crippen LogP) is 2.85.